The second kappa shape index (κ2) is 10.9. The first kappa shape index (κ1) is 24.7. The van der Waals surface area contributed by atoms with Gasteiger partial charge in [0.2, 0.25) is 5.91 Å². The van der Waals surface area contributed by atoms with Crippen LogP contribution in [0.25, 0.3) is 11.1 Å². The van der Waals surface area contributed by atoms with E-state index in [4.69, 9.17) is 9.84 Å². The normalized spacial score (nSPS) is 16.5. The number of alkyl carbamates (subject to hydrolysis) is 1. The van der Waals surface area contributed by atoms with Crippen molar-refractivity contribution in [2.45, 2.75) is 32.2 Å². The number of fused-ring (bicyclic) bond motifs is 3. The van der Waals surface area contributed by atoms with Gasteiger partial charge in [0, 0.05) is 44.6 Å². The van der Waals surface area contributed by atoms with E-state index in [1.165, 1.54) is 11.1 Å². The Balaban J connectivity index is 1.31. The average Bonchev–Trinajstić information content (AvgIpc) is 3.16. The molecule has 2 amide bonds. The van der Waals surface area contributed by atoms with Gasteiger partial charge in [-0.2, -0.15) is 0 Å². The Morgan fingerprint density at radius 2 is 1.54 bits per heavy atom. The smallest absolute Gasteiger partial charge is 0.407 e. The van der Waals surface area contributed by atoms with Gasteiger partial charge in [-0.3, -0.25) is 14.5 Å². The Morgan fingerprint density at radius 3 is 2.09 bits per heavy atom. The monoisotopic (exact) mass is 479 g/mol. The highest BCUT2D eigenvalue weighted by Gasteiger charge is 2.30. The molecule has 1 heterocycles. The van der Waals surface area contributed by atoms with Gasteiger partial charge >= 0.3 is 12.1 Å². The molecule has 0 aromatic heterocycles. The summed E-state index contributed by atoms with van der Waals surface area (Å²) < 4.78 is 5.66. The van der Waals surface area contributed by atoms with E-state index >= 15 is 0 Å². The maximum Gasteiger partial charge on any atom is 0.407 e. The maximum atomic E-state index is 12.9. The summed E-state index contributed by atoms with van der Waals surface area (Å²) in [6.07, 6.45) is -0.342. The molecule has 0 bridgehead atoms. The first-order valence-electron chi connectivity index (χ1n) is 12.2. The number of aliphatic carboxylic acids is 1. The Kier molecular flexibility index (Phi) is 7.70. The van der Waals surface area contributed by atoms with Crippen LogP contribution in [0.3, 0.4) is 0 Å². The summed E-state index contributed by atoms with van der Waals surface area (Å²) >= 11 is 0. The molecule has 1 aliphatic heterocycles. The van der Waals surface area contributed by atoms with Crippen LogP contribution in [0.4, 0.5) is 4.79 Å². The van der Waals surface area contributed by atoms with Crippen LogP contribution in [0.5, 0.6) is 0 Å². The molecule has 1 atom stereocenters. The molecule has 2 N–H and O–H groups in total. The molecule has 1 saturated heterocycles. The van der Waals surface area contributed by atoms with Gasteiger partial charge in [-0.25, -0.2) is 4.79 Å². The number of ether oxygens (including phenoxy) is 1. The Morgan fingerprint density at radius 1 is 0.971 bits per heavy atom. The fraction of sp³-hybridized carbons (Fsp3) is 0.444. The number of nitrogens with one attached hydrogen (secondary N) is 1. The van der Waals surface area contributed by atoms with Crippen LogP contribution in [0.15, 0.2) is 48.5 Å². The van der Waals surface area contributed by atoms with Crippen molar-refractivity contribution < 1.29 is 24.2 Å². The number of hydrogen-bond acceptors (Lipinski definition) is 5. The topological polar surface area (TPSA) is 99.2 Å². The molecule has 1 fully saturated rings. The number of carboxylic acid groups (broad SMARTS) is 1. The predicted octanol–water partition coefficient (Wildman–Crippen LogP) is 3.17. The van der Waals surface area contributed by atoms with Crippen molar-refractivity contribution in [2.24, 2.45) is 5.92 Å². The minimum atomic E-state index is -0.864. The molecule has 4 rings (SSSR count). The van der Waals surface area contributed by atoms with Crippen molar-refractivity contribution in [3.63, 3.8) is 0 Å². The van der Waals surface area contributed by atoms with Gasteiger partial charge in [0.15, 0.2) is 0 Å². The minimum absolute atomic E-state index is 0.0139. The zero-order valence-electron chi connectivity index (χ0n) is 20.3. The van der Waals surface area contributed by atoms with Gasteiger partial charge in [0.1, 0.15) is 6.61 Å². The summed E-state index contributed by atoms with van der Waals surface area (Å²) in [5, 5.41) is 11.8. The van der Waals surface area contributed by atoms with Crippen LogP contribution in [-0.4, -0.2) is 78.2 Å². The number of benzene rings is 2. The number of hydrogen-bond donors (Lipinski definition) is 2. The van der Waals surface area contributed by atoms with Gasteiger partial charge in [0.05, 0.1) is 6.54 Å². The lowest BCUT2D eigenvalue weighted by Crippen LogP contribution is -2.51. The number of piperazine rings is 1. The third-order valence-electron chi connectivity index (χ3n) is 6.93. The number of carboxylic acids is 1. The lowest BCUT2D eigenvalue weighted by atomic mass is 9.98. The molecule has 0 unspecified atom stereocenters. The van der Waals surface area contributed by atoms with E-state index in [1.807, 2.05) is 43.0 Å². The van der Waals surface area contributed by atoms with Gasteiger partial charge in [-0.05, 0) is 28.2 Å². The SMILES string of the molecule is CC(C)[C@H](CC(=O)N1CCN(CC(=O)O)CC1)NC(=O)OCC1c2ccccc2-c2ccccc21. The molecular weight excluding hydrogens is 446 g/mol. The highest BCUT2D eigenvalue weighted by atomic mass is 16.5. The quantitative estimate of drug-likeness (QED) is 0.604. The highest BCUT2D eigenvalue weighted by molar-refractivity contribution is 5.80. The Hall–Kier alpha value is -3.39. The van der Waals surface area contributed by atoms with E-state index in [2.05, 4.69) is 29.6 Å². The molecule has 2 aromatic rings. The standard InChI is InChI=1S/C27H33N3O5/c1-18(2)24(15-25(31)30-13-11-29(12-14-30)16-26(32)33)28-27(34)35-17-23-21-9-5-3-7-19(21)20-8-4-6-10-22(20)23/h3-10,18,23-24H,11-17H2,1-2H3,(H,28,34)(H,32,33)/t24-/m0/s1. The molecular formula is C27H33N3O5. The fourth-order valence-corrected chi connectivity index (χ4v) is 4.91. The number of carbonyl (C=O) groups excluding carboxylic acids is 2. The summed E-state index contributed by atoms with van der Waals surface area (Å²) in [6.45, 7) is 6.18. The van der Waals surface area contributed by atoms with Gasteiger partial charge in [-0.1, -0.05) is 62.4 Å². The molecule has 0 spiro atoms. The minimum Gasteiger partial charge on any atom is -0.480 e. The fourth-order valence-electron chi connectivity index (χ4n) is 4.91. The van der Waals surface area contributed by atoms with Crippen LogP contribution in [0.1, 0.15) is 37.3 Å². The third kappa shape index (κ3) is 5.82. The predicted molar refractivity (Wildman–Crippen MR) is 132 cm³/mol. The van der Waals surface area contributed by atoms with Crippen LogP contribution < -0.4 is 5.32 Å². The largest absolute Gasteiger partial charge is 0.480 e. The van der Waals surface area contributed by atoms with Crippen LogP contribution in [0.2, 0.25) is 0 Å². The zero-order chi connectivity index (χ0) is 24.9. The van der Waals surface area contributed by atoms with Crippen molar-refractivity contribution >= 4 is 18.0 Å². The van der Waals surface area contributed by atoms with E-state index in [-0.39, 0.29) is 43.4 Å². The van der Waals surface area contributed by atoms with Crippen LogP contribution in [-0.2, 0) is 14.3 Å². The average molecular weight is 480 g/mol. The number of amides is 2. The van der Waals surface area contributed by atoms with E-state index in [0.717, 1.165) is 11.1 Å². The van der Waals surface area contributed by atoms with E-state index in [1.54, 1.807) is 4.90 Å². The number of rotatable bonds is 8. The molecule has 0 radical (unpaired) electrons. The highest BCUT2D eigenvalue weighted by Crippen LogP contribution is 2.44. The number of carbonyl (C=O) groups is 3. The molecule has 186 valence electrons. The van der Waals surface area contributed by atoms with Gasteiger partial charge in [0.25, 0.3) is 0 Å². The molecule has 2 aliphatic rings. The maximum absolute atomic E-state index is 12.9. The van der Waals surface area contributed by atoms with Crippen molar-refractivity contribution in [2.75, 3.05) is 39.3 Å². The molecule has 1 aliphatic carbocycles. The van der Waals surface area contributed by atoms with Gasteiger partial charge < -0.3 is 20.1 Å². The summed E-state index contributed by atoms with van der Waals surface area (Å²) in [4.78, 5) is 40.0. The summed E-state index contributed by atoms with van der Waals surface area (Å²) in [6, 6.07) is 16.0. The van der Waals surface area contributed by atoms with Crippen molar-refractivity contribution in [3.05, 3.63) is 59.7 Å². The Labute approximate surface area is 205 Å². The van der Waals surface area contributed by atoms with E-state index in [9.17, 15) is 14.4 Å². The lowest BCUT2D eigenvalue weighted by Gasteiger charge is -2.35. The van der Waals surface area contributed by atoms with Crippen molar-refractivity contribution in [1.82, 2.24) is 15.1 Å². The molecule has 0 saturated carbocycles. The zero-order valence-corrected chi connectivity index (χ0v) is 20.3. The lowest BCUT2D eigenvalue weighted by molar-refractivity contribution is -0.139. The molecule has 35 heavy (non-hydrogen) atoms. The molecule has 2 aromatic carbocycles. The summed E-state index contributed by atoms with van der Waals surface area (Å²) in [7, 11) is 0. The second-order valence-electron chi connectivity index (χ2n) is 9.58. The van der Waals surface area contributed by atoms with Crippen LogP contribution in [0, 0.1) is 5.92 Å². The van der Waals surface area contributed by atoms with E-state index < -0.39 is 12.1 Å². The number of nitrogens with zero attached hydrogens (tertiary/aromatic N) is 2. The summed E-state index contributed by atoms with van der Waals surface area (Å²) in [5.41, 5.74) is 4.65. The van der Waals surface area contributed by atoms with Crippen molar-refractivity contribution in [3.8, 4) is 11.1 Å². The second-order valence-corrected chi connectivity index (χ2v) is 9.58. The Bertz CT molecular complexity index is 1030. The molecule has 8 heteroatoms. The van der Waals surface area contributed by atoms with E-state index in [0.29, 0.717) is 26.2 Å². The first-order valence-corrected chi connectivity index (χ1v) is 12.2. The first-order chi connectivity index (χ1) is 16.8. The summed E-state index contributed by atoms with van der Waals surface area (Å²) in [5.74, 6) is -0.878. The van der Waals surface area contributed by atoms with Crippen molar-refractivity contribution in [1.29, 1.82) is 0 Å². The van der Waals surface area contributed by atoms with Gasteiger partial charge in [-0.15, -0.1) is 0 Å². The molecule has 8 nitrogen and oxygen atoms in total. The third-order valence-corrected chi connectivity index (χ3v) is 6.93. The van der Waals surface area contributed by atoms with Crippen LogP contribution >= 0.6 is 0 Å².